The van der Waals surface area contributed by atoms with Crippen LogP contribution in [0.3, 0.4) is 0 Å². The molecule has 5 heteroatoms. The van der Waals surface area contributed by atoms with Gasteiger partial charge >= 0.3 is 5.97 Å². The van der Waals surface area contributed by atoms with Crippen molar-refractivity contribution < 1.29 is 9.53 Å². The monoisotopic (exact) mass is 231 g/mol. The molecule has 17 heavy (non-hydrogen) atoms. The number of esters is 1. The van der Waals surface area contributed by atoms with E-state index in [0.717, 1.165) is 5.56 Å². The summed E-state index contributed by atoms with van der Waals surface area (Å²) in [5, 5.41) is 7.88. The van der Waals surface area contributed by atoms with Crippen LogP contribution in [0.15, 0.2) is 36.5 Å². The molecule has 0 spiro atoms. The van der Waals surface area contributed by atoms with Gasteiger partial charge in [0.1, 0.15) is 12.3 Å². The van der Waals surface area contributed by atoms with Crippen LogP contribution in [-0.4, -0.2) is 21.0 Å². The Kier molecular flexibility index (Phi) is 3.49. The molecule has 0 atom stereocenters. The van der Waals surface area contributed by atoms with Gasteiger partial charge in [0, 0.05) is 6.92 Å². The van der Waals surface area contributed by atoms with Crippen LogP contribution in [0.5, 0.6) is 0 Å². The van der Waals surface area contributed by atoms with E-state index >= 15 is 0 Å². The van der Waals surface area contributed by atoms with Crippen LogP contribution in [-0.2, 0) is 22.7 Å². The fraction of sp³-hybridized carbons (Fsp3) is 0.250. The summed E-state index contributed by atoms with van der Waals surface area (Å²) in [6.45, 7) is 2.20. The maximum Gasteiger partial charge on any atom is 0.303 e. The summed E-state index contributed by atoms with van der Waals surface area (Å²) in [6, 6.07) is 9.97. The Morgan fingerprint density at radius 1 is 1.35 bits per heavy atom. The van der Waals surface area contributed by atoms with Crippen molar-refractivity contribution in [1.82, 2.24) is 15.0 Å². The summed E-state index contributed by atoms with van der Waals surface area (Å²) in [6.07, 6.45) is 1.77. The number of carbonyl (C=O) groups is 1. The molecule has 0 N–H and O–H groups in total. The molecule has 0 aliphatic heterocycles. The Hall–Kier alpha value is -2.17. The molecule has 1 aromatic heterocycles. The highest BCUT2D eigenvalue weighted by Crippen LogP contribution is 2.02. The zero-order chi connectivity index (χ0) is 12.1. The molecular formula is C12H13N3O2. The van der Waals surface area contributed by atoms with Gasteiger partial charge in [-0.2, -0.15) is 0 Å². The SMILES string of the molecule is CC(=O)OCc1cn(Cc2ccccc2)nn1. The first kappa shape index (κ1) is 11.3. The Bertz CT molecular complexity index is 493. The van der Waals surface area contributed by atoms with Crippen molar-refractivity contribution in [3.8, 4) is 0 Å². The molecule has 0 fully saturated rings. The van der Waals surface area contributed by atoms with E-state index in [9.17, 15) is 4.79 Å². The predicted molar refractivity (Wildman–Crippen MR) is 61.0 cm³/mol. The third-order valence-corrected chi connectivity index (χ3v) is 2.20. The summed E-state index contributed by atoms with van der Waals surface area (Å²) >= 11 is 0. The second kappa shape index (κ2) is 5.25. The van der Waals surface area contributed by atoms with E-state index in [4.69, 9.17) is 4.74 Å². The molecule has 0 saturated carbocycles. The first-order valence-electron chi connectivity index (χ1n) is 5.30. The number of hydrogen-bond acceptors (Lipinski definition) is 4. The van der Waals surface area contributed by atoms with Gasteiger partial charge in [0.25, 0.3) is 0 Å². The molecule has 88 valence electrons. The third kappa shape index (κ3) is 3.41. The predicted octanol–water partition coefficient (Wildman–Crippen LogP) is 1.39. The Morgan fingerprint density at radius 3 is 2.82 bits per heavy atom. The number of benzene rings is 1. The molecule has 0 unspecified atom stereocenters. The second-order valence-corrected chi connectivity index (χ2v) is 3.67. The summed E-state index contributed by atoms with van der Waals surface area (Å²) in [5.74, 6) is -0.317. The van der Waals surface area contributed by atoms with Crippen LogP contribution in [0.2, 0.25) is 0 Å². The average Bonchev–Trinajstić information content (AvgIpc) is 2.75. The minimum atomic E-state index is -0.317. The van der Waals surface area contributed by atoms with Crippen LogP contribution >= 0.6 is 0 Å². The van der Waals surface area contributed by atoms with Gasteiger partial charge in [-0.3, -0.25) is 4.79 Å². The van der Waals surface area contributed by atoms with Gasteiger partial charge in [0.15, 0.2) is 0 Å². The molecule has 5 nitrogen and oxygen atoms in total. The van der Waals surface area contributed by atoms with Gasteiger partial charge in [-0.25, -0.2) is 4.68 Å². The van der Waals surface area contributed by atoms with Crippen molar-refractivity contribution in [2.75, 3.05) is 0 Å². The highest BCUT2D eigenvalue weighted by atomic mass is 16.5. The molecule has 0 saturated heterocycles. The van der Waals surface area contributed by atoms with Gasteiger partial charge in [-0.05, 0) is 5.56 Å². The minimum Gasteiger partial charge on any atom is -0.459 e. The van der Waals surface area contributed by atoms with Crippen molar-refractivity contribution >= 4 is 5.97 Å². The normalized spacial score (nSPS) is 10.2. The zero-order valence-electron chi connectivity index (χ0n) is 9.54. The van der Waals surface area contributed by atoms with Crippen molar-refractivity contribution in [3.63, 3.8) is 0 Å². The number of nitrogens with zero attached hydrogens (tertiary/aromatic N) is 3. The molecule has 1 heterocycles. The number of ether oxygens (including phenoxy) is 1. The Morgan fingerprint density at radius 2 is 2.12 bits per heavy atom. The lowest BCUT2D eigenvalue weighted by Gasteiger charge is -1.99. The van der Waals surface area contributed by atoms with E-state index in [0.29, 0.717) is 12.2 Å². The first-order valence-corrected chi connectivity index (χ1v) is 5.30. The van der Waals surface area contributed by atoms with E-state index in [-0.39, 0.29) is 12.6 Å². The zero-order valence-corrected chi connectivity index (χ0v) is 9.54. The Balaban J connectivity index is 1.97. The second-order valence-electron chi connectivity index (χ2n) is 3.67. The highest BCUT2D eigenvalue weighted by Gasteiger charge is 2.03. The summed E-state index contributed by atoms with van der Waals surface area (Å²) in [5.41, 5.74) is 1.80. The van der Waals surface area contributed by atoms with Crippen LogP contribution in [0.4, 0.5) is 0 Å². The largest absolute Gasteiger partial charge is 0.459 e. The van der Waals surface area contributed by atoms with E-state index in [1.54, 1.807) is 10.9 Å². The highest BCUT2D eigenvalue weighted by molar-refractivity contribution is 5.65. The van der Waals surface area contributed by atoms with E-state index in [1.807, 2.05) is 30.3 Å². The number of carbonyl (C=O) groups excluding carboxylic acids is 1. The summed E-state index contributed by atoms with van der Waals surface area (Å²) < 4.78 is 6.55. The number of hydrogen-bond donors (Lipinski definition) is 0. The van der Waals surface area contributed by atoms with Crippen molar-refractivity contribution in [2.45, 2.75) is 20.1 Å². The topological polar surface area (TPSA) is 57.0 Å². The maximum atomic E-state index is 10.6. The smallest absolute Gasteiger partial charge is 0.303 e. The van der Waals surface area contributed by atoms with Crippen molar-refractivity contribution in [2.24, 2.45) is 0 Å². The number of rotatable bonds is 4. The molecule has 0 aliphatic carbocycles. The fourth-order valence-electron chi connectivity index (χ4n) is 1.43. The lowest BCUT2D eigenvalue weighted by Crippen LogP contribution is -2.00. The quantitative estimate of drug-likeness (QED) is 0.746. The molecule has 0 bridgehead atoms. The van der Waals surface area contributed by atoms with Crippen molar-refractivity contribution in [1.29, 1.82) is 0 Å². The Labute approximate surface area is 99.0 Å². The summed E-state index contributed by atoms with van der Waals surface area (Å²) in [7, 11) is 0. The van der Waals surface area contributed by atoms with Crippen molar-refractivity contribution in [3.05, 3.63) is 47.8 Å². The maximum absolute atomic E-state index is 10.6. The van der Waals surface area contributed by atoms with Crippen LogP contribution in [0.1, 0.15) is 18.2 Å². The summed E-state index contributed by atoms with van der Waals surface area (Å²) in [4.78, 5) is 10.6. The van der Waals surface area contributed by atoms with Gasteiger partial charge in [0.05, 0.1) is 12.7 Å². The first-order chi connectivity index (χ1) is 8.24. The van der Waals surface area contributed by atoms with Gasteiger partial charge in [0.2, 0.25) is 0 Å². The van der Waals surface area contributed by atoms with Gasteiger partial charge in [-0.1, -0.05) is 35.5 Å². The van der Waals surface area contributed by atoms with Gasteiger partial charge < -0.3 is 4.74 Å². The molecule has 0 aliphatic rings. The standard InChI is InChI=1S/C12H13N3O2/c1-10(16)17-9-12-8-15(14-13-12)7-11-5-3-2-4-6-11/h2-6,8H,7,9H2,1H3. The molecule has 2 aromatic rings. The third-order valence-electron chi connectivity index (χ3n) is 2.20. The van der Waals surface area contributed by atoms with Gasteiger partial charge in [-0.15, -0.1) is 5.10 Å². The fourth-order valence-corrected chi connectivity index (χ4v) is 1.43. The van der Waals surface area contributed by atoms with E-state index in [2.05, 4.69) is 10.3 Å². The lowest BCUT2D eigenvalue weighted by molar-refractivity contribution is -0.142. The molecule has 0 amide bonds. The minimum absolute atomic E-state index is 0.171. The lowest BCUT2D eigenvalue weighted by atomic mass is 10.2. The van der Waals surface area contributed by atoms with Crippen LogP contribution < -0.4 is 0 Å². The molecule has 1 aromatic carbocycles. The molecular weight excluding hydrogens is 218 g/mol. The number of aromatic nitrogens is 3. The van der Waals surface area contributed by atoms with E-state index < -0.39 is 0 Å². The van der Waals surface area contributed by atoms with E-state index in [1.165, 1.54) is 6.92 Å². The van der Waals surface area contributed by atoms with Crippen LogP contribution in [0.25, 0.3) is 0 Å². The molecule has 0 radical (unpaired) electrons. The molecule has 2 rings (SSSR count). The average molecular weight is 231 g/mol. The van der Waals surface area contributed by atoms with Crippen LogP contribution in [0, 0.1) is 0 Å².